The van der Waals surface area contributed by atoms with Gasteiger partial charge in [0.05, 0.1) is 6.61 Å². The van der Waals surface area contributed by atoms with Gasteiger partial charge in [-0.2, -0.15) is 4.98 Å². The summed E-state index contributed by atoms with van der Waals surface area (Å²) in [4.78, 5) is 16.4. The van der Waals surface area contributed by atoms with E-state index in [0.29, 0.717) is 30.3 Å². The van der Waals surface area contributed by atoms with Crippen LogP contribution < -0.4 is 0 Å². The van der Waals surface area contributed by atoms with Gasteiger partial charge in [-0.15, -0.1) is 0 Å². The average Bonchev–Trinajstić information content (AvgIpc) is 2.89. The molecule has 0 radical (unpaired) electrons. The van der Waals surface area contributed by atoms with Crippen LogP contribution in [0.3, 0.4) is 0 Å². The Balaban J connectivity index is 2.05. The molecule has 21 heavy (non-hydrogen) atoms. The smallest absolute Gasteiger partial charge is 0.318 e. The topological polar surface area (TPSA) is 65.2 Å². The van der Waals surface area contributed by atoms with Gasteiger partial charge >= 0.3 is 5.97 Å². The predicted octanol–water partition coefficient (Wildman–Crippen LogP) is 3.81. The number of ether oxygens (including phenoxy) is 1. The summed E-state index contributed by atoms with van der Waals surface area (Å²) in [5.41, 5.74) is 0.417. The fourth-order valence-electron chi connectivity index (χ4n) is 2.90. The van der Waals surface area contributed by atoms with Crippen LogP contribution in [0.5, 0.6) is 0 Å². The van der Waals surface area contributed by atoms with Crippen LogP contribution >= 0.6 is 0 Å². The van der Waals surface area contributed by atoms with E-state index < -0.39 is 5.92 Å². The van der Waals surface area contributed by atoms with Gasteiger partial charge in [-0.1, -0.05) is 25.9 Å². The number of rotatable bonds is 5. The molecule has 5 nitrogen and oxygen atoms in total. The van der Waals surface area contributed by atoms with Gasteiger partial charge < -0.3 is 9.26 Å². The van der Waals surface area contributed by atoms with Gasteiger partial charge in [-0.25, -0.2) is 0 Å². The van der Waals surface area contributed by atoms with Crippen molar-refractivity contribution in [1.29, 1.82) is 0 Å². The number of carbonyl (C=O) groups excluding carboxylic acids is 1. The standard InChI is InChI=1S/C16H26N2O3/c1-5-12(15(19)20-6-2)14-17-13(18-21-14)11-7-9-16(3,4)10-8-11/h11-12H,5-10H2,1-4H3. The summed E-state index contributed by atoms with van der Waals surface area (Å²) >= 11 is 0. The average molecular weight is 294 g/mol. The Labute approximate surface area is 126 Å². The van der Waals surface area contributed by atoms with Crippen molar-refractivity contribution in [2.75, 3.05) is 6.61 Å². The van der Waals surface area contributed by atoms with Crippen molar-refractivity contribution >= 4 is 5.97 Å². The van der Waals surface area contributed by atoms with Crippen LogP contribution in [0.15, 0.2) is 4.52 Å². The largest absolute Gasteiger partial charge is 0.465 e. The first-order valence-electron chi connectivity index (χ1n) is 7.97. The first-order chi connectivity index (χ1) is 9.96. The molecule has 0 aliphatic heterocycles. The lowest BCUT2D eigenvalue weighted by molar-refractivity contribution is -0.145. The second kappa shape index (κ2) is 6.58. The normalized spacial score (nSPS) is 20.2. The minimum Gasteiger partial charge on any atom is -0.465 e. The minimum atomic E-state index is -0.439. The molecule has 5 heteroatoms. The van der Waals surface area contributed by atoms with Crippen LogP contribution in [-0.4, -0.2) is 22.7 Å². The summed E-state index contributed by atoms with van der Waals surface area (Å²) in [5.74, 6) is 0.792. The van der Waals surface area contributed by atoms with E-state index in [9.17, 15) is 4.79 Å². The molecule has 1 aromatic rings. The molecule has 1 saturated carbocycles. The summed E-state index contributed by atoms with van der Waals surface area (Å²) < 4.78 is 10.4. The van der Waals surface area contributed by atoms with E-state index in [4.69, 9.17) is 9.26 Å². The van der Waals surface area contributed by atoms with Gasteiger partial charge in [0.1, 0.15) is 5.92 Å². The molecule has 1 unspecified atom stereocenters. The van der Waals surface area contributed by atoms with Crippen LogP contribution in [-0.2, 0) is 9.53 Å². The Hall–Kier alpha value is -1.39. The van der Waals surface area contributed by atoms with Crippen molar-refractivity contribution in [1.82, 2.24) is 10.1 Å². The first-order valence-corrected chi connectivity index (χ1v) is 7.97. The highest BCUT2D eigenvalue weighted by atomic mass is 16.5. The number of carbonyl (C=O) groups is 1. The Morgan fingerprint density at radius 2 is 2.05 bits per heavy atom. The summed E-state index contributed by atoms with van der Waals surface area (Å²) in [6.45, 7) is 8.70. The van der Waals surface area contributed by atoms with E-state index in [1.165, 1.54) is 12.8 Å². The molecule has 0 aromatic carbocycles. The molecular weight excluding hydrogens is 268 g/mol. The van der Waals surface area contributed by atoms with Crippen LogP contribution in [0, 0.1) is 5.41 Å². The molecule has 0 N–H and O–H groups in total. The lowest BCUT2D eigenvalue weighted by atomic mass is 9.73. The zero-order chi connectivity index (χ0) is 15.5. The maximum Gasteiger partial charge on any atom is 0.318 e. The van der Waals surface area contributed by atoms with Gasteiger partial charge in [-0.05, 0) is 44.4 Å². The molecule has 0 amide bonds. The number of hydrogen-bond acceptors (Lipinski definition) is 5. The van der Waals surface area contributed by atoms with Gasteiger partial charge in [-0.3, -0.25) is 4.79 Å². The molecule has 1 aliphatic rings. The molecule has 2 rings (SSSR count). The molecule has 0 saturated heterocycles. The van der Waals surface area contributed by atoms with Crippen LogP contribution in [0.1, 0.15) is 83.3 Å². The lowest BCUT2D eigenvalue weighted by Gasteiger charge is -2.32. The van der Waals surface area contributed by atoms with Crippen LogP contribution in [0.2, 0.25) is 0 Å². The van der Waals surface area contributed by atoms with Gasteiger partial charge in [0.2, 0.25) is 5.89 Å². The van der Waals surface area contributed by atoms with E-state index >= 15 is 0 Å². The van der Waals surface area contributed by atoms with E-state index in [1.807, 2.05) is 6.92 Å². The van der Waals surface area contributed by atoms with Crippen molar-refractivity contribution in [3.8, 4) is 0 Å². The highest BCUT2D eigenvalue weighted by Gasteiger charge is 2.32. The third kappa shape index (κ3) is 3.83. The number of esters is 1. The lowest BCUT2D eigenvalue weighted by Crippen LogP contribution is -2.21. The zero-order valence-corrected chi connectivity index (χ0v) is 13.5. The van der Waals surface area contributed by atoms with Crippen molar-refractivity contribution in [3.63, 3.8) is 0 Å². The Morgan fingerprint density at radius 1 is 1.38 bits per heavy atom. The summed E-state index contributed by atoms with van der Waals surface area (Å²) in [7, 11) is 0. The molecule has 1 heterocycles. The van der Waals surface area contributed by atoms with Crippen molar-refractivity contribution in [3.05, 3.63) is 11.7 Å². The second-order valence-corrected chi connectivity index (χ2v) is 6.64. The summed E-state index contributed by atoms with van der Waals surface area (Å²) in [6, 6.07) is 0. The maximum absolute atomic E-state index is 11.9. The first kappa shape index (κ1) is 16.0. The fraction of sp³-hybridized carbons (Fsp3) is 0.812. The third-order valence-corrected chi connectivity index (χ3v) is 4.44. The van der Waals surface area contributed by atoms with E-state index in [0.717, 1.165) is 18.7 Å². The number of nitrogens with zero attached hydrogens (tertiary/aromatic N) is 2. The predicted molar refractivity (Wildman–Crippen MR) is 79.0 cm³/mol. The Bertz CT molecular complexity index is 472. The highest BCUT2D eigenvalue weighted by molar-refractivity contribution is 5.76. The Kier molecular flexibility index (Phi) is 5.01. The Morgan fingerprint density at radius 3 is 2.62 bits per heavy atom. The monoisotopic (exact) mass is 294 g/mol. The van der Waals surface area contributed by atoms with Crippen LogP contribution in [0.25, 0.3) is 0 Å². The SMILES string of the molecule is CCOC(=O)C(CC)c1nc(C2CCC(C)(C)CC2)no1. The third-order valence-electron chi connectivity index (χ3n) is 4.44. The molecule has 1 aliphatic carbocycles. The van der Waals surface area contributed by atoms with Gasteiger partial charge in [0.15, 0.2) is 5.82 Å². The summed E-state index contributed by atoms with van der Waals surface area (Å²) in [6.07, 6.45) is 5.13. The maximum atomic E-state index is 11.9. The van der Waals surface area contributed by atoms with E-state index in [-0.39, 0.29) is 5.97 Å². The van der Waals surface area contributed by atoms with Crippen LogP contribution in [0.4, 0.5) is 0 Å². The van der Waals surface area contributed by atoms with E-state index in [1.54, 1.807) is 6.92 Å². The van der Waals surface area contributed by atoms with Gasteiger partial charge in [0.25, 0.3) is 0 Å². The second-order valence-electron chi connectivity index (χ2n) is 6.64. The molecule has 1 aromatic heterocycles. The molecule has 1 fully saturated rings. The molecular formula is C16H26N2O3. The van der Waals surface area contributed by atoms with Crippen molar-refractivity contribution in [2.45, 2.75) is 71.6 Å². The molecule has 0 spiro atoms. The molecule has 0 bridgehead atoms. The van der Waals surface area contributed by atoms with E-state index in [2.05, 4.69) is 24.0 Å². The molecule has 118 valence electrons. The summed E-state index contributed by atoms with van der Waals surface area (Å²) in [5, 5.41) is 4.11. The number of aromatic nitrogens is 2. The minimum absolute atomic E-state index is 0.278. The van der Waals surface area contributed by atoms with Gasteiger partial charge in [0, 0.05) is 5.92 Å². The quantitative estimate of drug-likeness (QED) is 0.773. The molecule has 1 atom stereocenters. The number of hydrogen-bond donors (Lipinski definition) is 0. The zero-order valence-electron chi connectivity index (χ0n) is 13.5. The fourth-order valence-corrected chi connectivity index (χ4v) is 2.90. The highest BCUT2D eigenvalue weighted by Crippen LogP contribution is 2.41. The van der Waals surface area contributed by atoms with Crippen molar-refractivity contribution < 1.29 is 14.1 Å². The van der Waals surface area contributed by atoms with Crippen molar-refractivity contribution in [2.24, 2.45) is 5.41 Å².